The summed E-state index contributed by atoms with van der Waals surface area (Å²) in [4.78, 5) is 2.02. The number of ether oxygens (including phenoxy) is 3. The lowest BCUT2D eigenvalue weighted by Crippen LogP contribution is -2.27. The van der Waals surface area contributed by atoms with Crippen LogP contribution in [0.1, 0.15) is 18.1 Å². The largest absolute Gasteiger partial charge is 0.464 e. The molecule has 0 fully saturated rings. The summed E-state index contributed by atoms with van der Waals surface area (Å²) in [7, 11) is 3.99. The summed E-state index contributed by atoms with van der Waals surface area (Å²) < 4.78 is 24.6. The van der Waals surface area contributed by atoms with E-state index in [-0.39, 0.29) is 13.0 Å². The van der Waals surface area contributed by atoms with Crippen LogP contribution < -0.4 is 9.47 Å². The highest BCUT2D eigenvalue weighted by molar-refractivity contribution is 5.83. The summed E-state index contributed by atoms with van der Waals surface area (Å²) in [6, 6.07) is 14.3. The Bertz CT molecular complexity index is 1210. The van der Waals surface area contributed by atoms with Gasteiger partial charge in [0.2, 0.25) is 6.79 Å². The van der Waals surface area contributed by atoms with Crippen molar-refractivity contribution in [2.45, 2.75) is 26.3 Å². The van der Waals surface area contributed by atoms with Gasteiger partial charge in [-0.2, -0.15) is 5.10 Å². The van der Waals surface area contributed by atoms with Crippen LogP contribution in [-0.2, 0) is 17.9 Å². The van der Waals surface area contributed by atoms with Crippen LogP contribution in [-0.4, -0.2) is 41.8 Å². The minimum Gasteiger partial charge on any atom is -0.464 e. The van der Waals surface area contributed by atoms with Crippen LogP contribution in [0, 0.1) is 0 Å². The zero-order chi connectivity index (χ0) is 21.4. The van der Waals surface area contributed by atoms with Crippen molar-refractivity contribution in [3.05, 3.63) is 66.1 Å². The second kappa shape index (κ2) is 8.09. The van der Waals surface area contributed by atoms with Gasteiger partial charge < -0.3 is 18.6 Å². The van der Waals surface area contributed by atoms with E-state index in [2.05, 4.69) is 23.3 Å². The van der Waals surface area contributed by atoms with Crippen molar-refractivity contribution >= 4 is 10.9 Å². The zero-order valence-corrected chi connectivity index (χ0v) is 17.9. The first-order chi connectivity index (χ1) is 15.1. The minimum absolute atomic E-state index is 0.0452. The van der Waals surface area contributed by atoms with E-state index in [0.29, 0.717) is 13.2 Å². The van der Waals surface area contributed by atoms with E-state index in [1.165, 1.54) is 0 Å². The molecule has 0 amide bonds. The predicted molar refractivity (Wildman–Crippen MR) is 117 cm³/mol. The average molecular weight is 419 g/mol. The molecule has 4 aromatic rings. The van der Waals surface area contributed by atoms with Gasteiger partial charge in [-0.1, -0.05) is 18.2 Å². The van der Waals surface area contributed by atoms with Gasteiger partial charge in [-0.3, -0.25) is 9.58 Å². The second-order valence-corrected chi connectivity index (χ2v) is 7.96. The Labute approximate surface area is 180 Å². The SMILES string of the molecule is CC(OCc1coc(-c2cccc(Cn3ncc4cc5c(cc43)OCO5)c2)c1)N(C)C. The molecule has 1 aliphatic rings. The van der Waals surface area contributed by atoms with Crippen LogP contribution in [0.2, 0.25) is 0 Å². The van der Waals surface area contributed by atoms with E-state index in [4.69, 9.17) is 18.6 Å². The van der Waals surface area contributed by atoms with Gasteiger partial charge in [0.25, 0.3) is 0 Å². The fraction of sp³-hybridized carbons (Fsp3) is 0.292. The quantitative estimate of drug-likeness (QED) is 0.411. The number of aromatic nitrogens is 2. The lowest BCUT2D eigenvalue weighted by atomic mass is 10.1. The highest BCUT2D eigenvalue weighted by atomic mass is 16.7. The summed E-state index contributed by atoms with van der Waals surface area (Å²) in [6.45, 7) is 3.45. The third kappa shape index (κ3) is 4.02. The molecule has 0 saturated heterocycles. The van der Waals surface area contributed by atoms with E-state index in [1.54, 1.807) is 6.26 Å². The molecule has 3 heterocycles. The van der Waals surface area contributed by atoms with Gasteiger partial charge in [-0.05, 0) is 44.8 Å². The number of benzene rings is 2. The molecular formula is C24H25N3O4. The standard InChI is InChI=1S/C24H25N3O4/c1-16(26(2)3)28-13-18-8-22(29-14-18)19-6-4-5-17(7-19)12-27-21-10-24-23(30-15-31-24)9-20(21)11-25-27/h4-11,14,16H,12-13,15H2,1-3H3. The summed E-state index contributed by atoms with van der Waals surface area (Å²) >= 11 is 0. The number of furan rings is 1. The van der Waals surface area contributed by atoms with Gasteiger partial charge in [0, 0.05) is 22.6 Å². The van der Waals surface area contributed by atoms with Crippen LogP contribution in [0.4, 0.5) is 0 Å². The summed E-state index contributed by atoms with van der Waals surface area (Å²) in [5, 5.41) is 5.58. The van der Waals surface area contributed by atoms with Crippen molar-refractivity contribution in [3.8, 4) is 22.8 Å². The zero-order valence-electron chi connectivity index (χ0n) is 17.9. The maximum Gasteiger partial charge on any atom is 0.231 e. The van der Waals surface area contributed by atoms with Crippen molar-refractivity contribution in [3.63, 3.8) is 0 Å². The molecule has 160 valence electrons. The van der Waals surface area contributed by atoms with Gasteiger partial charge in [0.05, 0.1) is 31.1 Å². The normalized spacial score (nSPS) is 13.9. The fourth-order valence-corrected chi connectivity index (χ4v) is 3.56. The molecule has 7 heteroatoms. The Kier molecular flexibility index (Phi) is 5.13. The molecule has 0 radical (unpaired) electrons. The molecule has 0 saturated carbocycles. The van der Waals surface area contributed by atoms with E-state index in [9.17, 15) is 0 Å². The Morgan fingerprint density at radius 2 is 1.94 bits per heavy atom. The maximum absolute atomic E-state index is 5.84. The number of hydrogen-bond donors (Lipinski definition) is 0. The number of rotatable bonds is 7. The first-order valence-electron chi connectivity index (χ1n) is 10.3. The Morgan fingerprint density at radius 3 is 2.77 bits per heavy atom. The molecule has 0 N–H and O–H groups in total. The minimum atomic E-state index is 0.0452. The molecule has 1 atom stereocenters. The van der Waals surface area contributed by atoms with Crippen LogP contribution in [0.5, 0.6) is 11.5 Å². The van der Waals surface area contributed by atoms with Gasteiger partial charge in [0.15, 0.2) is 11.5 Å². The summed E-state index contributed by atoms with van der Waals surface area (Å²) in [5.41, 5.74) is 4.19. The van der Waals surface area contributed by atoms with Crippen molar-refractivity contribution in [1.82, 2.24) is 14.7 Å². The van der Waals surface area contributed by atoms with E-state index in [0.717, 1.165) is 44.9 Å². The lowest BCUT2D eigenvalue weighted by Gasteiger charge is -2.19. The van der Waals surface area contributed by atoms with Crippen molar-refractivity contribution in [2.75, 3.05) is 20.9 Å². The molecule has 2 aromatic heterocycles. The van der Waals surface area contributed by atoms with E-state index >= 15 is 0 Å². The molecule has 1 unspecified atom stereocenters. The number of nitrogens with zero attached hydrogens (tertiary/aromatic N) is 3. The maximum atomic E-state index is 5.84. The van der Waals surface area contributed by atoms with E-state index < -0.39 is 0 Å². The van der Waals surface area contributed by atoms with Gasteiger partial charge in [0.1, 0.15) is 12.0 Å². The van der Waals surface area contributed by atoms with Crippen molar-refractivity contribution < 1.29 is 18.6 Å². The Hall–Kier alpha value is -3.29. The topological polar surface area (TPSA) is 61.9 Å². The molecule has 31 heavy (non-hydrogen) atoms. The van der Waals surface area contributed by atoms with Crippen LogP contribution in [0.3, 0.4) is 0 Å². The predicted octanol–water partition coefficient (Wildman–Crippen LogP) is 4.50. The van der Waals surface area contributed by atoms with Crippen molar-refractivity contribution in [1.29, 1.82) is 0 Å². The molecule has 0 bridgehead atoms. The average Bonchev–Trinajstić information content (AvgIpc) is 3.51. The molecule has 7 nitrogen and oxygen atoms in total. The highest BCUT2D eigenvalue weighted by Gasteiger charge is 2.17. The molecule has 0 spiro atoms. The molecule has 1 aliphatic heterocycles. The third-order valence-corrected chi connectivity index (χ3v) is 5.55. The fourth-order valence-electron chi connectivity index (χ4n) is 3.56. The Morgan fingerprint density at radius 1 is 1.10 bits per heavy atom. The van der Waals surface area contributed by atoms with Crippen molar-refractivity contribution in [2.24, 2.45) is 0 Å². The lowest BCUT2D eigenvalue weighted by molar-refractivity contribution is -0.0330. The molecule has 5 rings (SSSR count). The smallest absolute Gasteiger partial charge is 0.231 e. The van der Waals surface area contributed by atoms with Crippen LogP contribution in [0.25, 0.3) is 22.2 Å². The van der Waals surface area contributed by atoms with Crippen LogP contribution >= 0.6 is 0 Å². The summed E-state index contributed by atoms with van der Waals surface area (Å²) in [5.74, 6) is 2.36. The van der Waals surface area contributed by atoms with E-state index in [1.807, 2.05) is 61.1 Å². The molecular weight excluding hydrogens is 394 g/mol. The van der Waals surface area contributed by atoms with Gasteiger partial charge >= 0.3 is 0 Å². The first kappa shape index (κ1) is 19.7. The summed E-state index contributed by atoms with van der Waals surface area (Å²) in [6.07, 6.45) is 3.66. The Balaban J connectivity index is 1.34. The van der Waals surface area contributed by atoms with Gasteiger partial charge in [-0.15, -0.1) is 0 Å². The third-order valence-electron chi connectivity index (χ3n) is 5.55. The molecule has 2 aromatic carbocycles. The molecule has 0 aliphatic carbocycles. The highest BCUT2D eigenvalue weighted by Crippen LogP contribution is 2.36. The van der Waals surface area contributed by atoms with Crippen LogP contribution in [0.15, 0.2) is 59.3 Å². The second-order valence-electron chi connectivity index (χ2n) is 7.96. The van der Waals surface area contributed by atoms with Gasteiger partial charge in [-0.25, -0.2) is 0 Å². The first-order valence-corrected chi connectivity index (χ1v) is 10.3. The number of hydrogen-bond acceptors (Lipinski definition) is 6. The number of fused-ring (bicyclic) bond motifs is 2. The monoisotopic (exact) mass is 419 g/mol.